The summed E-state index contributed by atoms with van der Waals surface area (Å²) in [6.07, 6.45) is 4.28. The van der Waals surface area contributed by atoms with Crippen molar-refractivity contribution in [2.45, 2.75) is 38.8 Å². The molecule has 1 saturated heterocycles. The van der Waals surface area contributed by atoms with E-state index < -0.39 is 0 Å². The number of nitrogens with zero attached hydrogens (tertiary/aromatic N) is 1. The van der Waals surface area contributed by atoms with Crippen LogP contribution in [0.4, 0.5) is 4.39 Å². The maximum atomic E-state index is 13.3. The minimum atomic E-state index is -0.217. The molecule has 140 valence electrons. The van der Waals surface area contributed by atoms with E-state index in [0.717, 1.165) is 42.9 Å². The summed E-state index contributed by atoms with van der Waals surface area (Å²) in [5.41, 5.74) is 2.14. The van der Waals surface area contributed by atoms with Gasteiger partial charge in [0.05, 0.1) is 6.10 Å². The first-order chi connectivity index (χ1) is 12.5. The van der Waals surface area contributed by atoms with Crippen molar-refractivity contribution in [1.29, 1.82) is 0 Å². The van der Waals surface area contributed by atoms with Crippen molar-refractivity contribution >= 4 is 16.9 Å². The lowest BCUT2D eigenvalue weighted by atomic mass is 9.57. The molecular weight excluding hydrogens is 331 g/mol. The minimum Gasteiger partial charge on any atom is -0.377 e. The van der Waals surface area contributed by atoms with E-state index in [9.17, 15) is 4.39 Å². The van der Waals surface area contributed by atoms with Crippen LogP contribution >= 0.6 is 0 Å². The number of fused-ring (bicyclic) bond motifs is 2. The van der Waals surface area contributed by atoms with Crippen LogP contribution in [0.15, 0.2) is 29.4 Å². The Kier molecular flexibility index (Phi) is 4.39. The first-order valence-electron chi connectivity index (χ1n) is 9.35. The van der Waals surface area contributed by atoms with Crippen molar-refractivity contribution in [3.8, 4) is 0 Å². The molecule has 1 saturated carbocycles. The molecule has 1 aromatic heterocycles. The number of H-pyrrole nitrogens is 1. The summed E-state index contributed by atoms with van der Waals surface area (Å²) in [7, 11) is 1.80. The highest BCUT2D eigenvalue weighted by Crippen LogP contribution is 2.52. The normalized spacial score (nSPS) is 27.2. The van der Waals surface area contributed by atoms with E-state index in [1.807, 2.05) is 12.3 Å². The number of rotatable bonds is 4. The highest BCUT2D eigenvalue weighted by molar-refractivity contribution is 5.83. The third kappa shape index (κ3) is 2.86. The third-order valence-corrected chi connectivity index (χ3v) is 6.03. The molecule has 0 bridgehead atoms. The summed E-state index contributed by atoms with van der Waals surface area (Å²) in [5.74, 6) is 1.19. The smallest absolute Gasteiger partial charge is 0.191 e. The Morgan fingerprint density at radius 1 is 1.42 bits per heavy atom. The number of hydrogen-bond donors (Lipinski definition) is 3. The average molecular weight is 358 g/mol. The van der Waals surface area contributed by atoms with Crippen LogP contribution in [0.3, 0.4) is 0 Å². The quantitative estimate of drug-likeness (QED) is 0.582. The van der Waals surface area contributed by atoms with Crippen LogP contribution < -0.4 is 10.6 Å². The fourth-order valence-corrected chi connectivity index (χ4v) is 4.64. The van der Waals surface area contributed by atoms with Gasteiger partial charge in [0, 0.05) is 54.7 Å². The number of aliphatic imine (C=N–C) groups is 1. The van der Waals surface area contributed by atoms with Gasteiger partial charge in [-0.05, 0) is 36.6 Å². The molecule has 0 radical (unpaired) electrons. The fraction of sp³-hybridized carbons (Fsp3) is 0.550. The molecule has 3 N–H and O–H groups in total. The standard InChI is InChI=1S/C20H27FN4O/c1-20(2)17(15-7-9-26-18(15)20)25-19(22-3)23-8-6-12-11-24-16-10-13(21)4-5-14(12)16/h4-5,10-11,15,17-18,24H,6-9H2,1-3H3,(H2,22,23,25). The lowest BCUT2D eigenvalue weighted by molar-refractivity contribution is -0.106. The molecule has 0 spiro atoms. The predicted molar refractivity (Wildman–Crippen MR) is 102 cm³/mol. The van der Waals surface area contributed by atoms with E-state index in [1.54, 1.807) is 7.05 Å². The molecule has 3 unspecified atom stereocenters. The summed E-state index contributed by atoms with van der Waals surface area (Å²) in [6, 6.07) is 5.26. The Bertz CT molecular complexity index is 828. The lowest BCUT2D eigenvalue weighted by Crippen LogP contribution is -2.68. The second kappa shape index (κ2) is 6.58. The molecule has 0 amide bonds. The van der Waals surface area contributed by atoms with Gasteiger partial charge < -0.3 is 20.4 Å². The Morgan fingerprint density at radius 3 is 3.08 bits per heavy atom. The van der Waals surface area contributed by atoms with Gasteiger partial charge in [-0.3, -0.25) is 4.99 Å². The molecule has 2 aliphatic rings. The molecule has 2 aromatic rings. The summed E-state index contributed by atoms with van der Waals surface area (Å²) in [4.78, 5) is 7.52. The van der Waals surface area contributed by atoms with Crippen LogP contribution in [-0.4, -0.2) is 43.3 Å². The third-order valence-electron chi connectivity index (χ3n) is 6.03. The first kappa shape index (κ1) is 17.3. The van der Waals surface area contributed by atoms with Crippen molar-refractivity contribution in [3.05, 3.63) is 35.8 Å². The van der Waals surface area contributed by atoms with Crippen LogP contribution in [0.5, 0.6) is 0 Å². The molecule has 2 fully saturated rings. The van der Waals surface area contributed by atoms with Gasteiger partial charge in [-0.25, -0.2) is 4.39 Å². The van der Waals surface area contributed by atoms with E-state index in [1.165, 1.54) is 17.7 Å². The molecule has 3 atom stereocenters. The minimum absolute atomic E-state index is 0.125. The van der Waals surface area contributed by atoms with Gasteiger partial charge >= 0.3 is 0 Å². The topological polar surface area (TPSA) is 61.4 Å². The second-order valence-electron chi connectivity index (χ2n) is 7.94. The maximum Gasteiger partial charge on any atom is 0.191 e. The van der Waals surface area contributed by atoms with E-state index in [-0.39, 0.29) is 11.2 Å². The number of ether oxygens (including phenoxy) is 1. The van der Waals surface area contributed by atoms with E-state index in [0.29, 0.717) is 18.1 Å². The number of aromatic amines is 1. The molecule has 26 heavy (non-hydrogen) atoms. The number of guanidine groups is 1. The number of benzene rings is 1. The Morgan fingerprint density at radius 2 is 2.27 bits per heavy atom. The molecule has 6 heteroatoms. The molecule has 4 rings (SSSR count). The van der Waals surface area contributed by atoms with Crippen molar-refractivity contribution in [1.82, 2.24) is 15.6 Å². The molecular formula is C20H27FN4O. The summed E-state index contributed by atoms with van der Waals surface area (Å²) >= 11 is 0. The van der Waals surface area contributed by atoms with Gasteiger partial charge in [-0.15, -0.1) is 0 Å². The van der Waals surface area contributed by atoms with E-state index >= 15 is 0 Å². The summed E-state index contributed by atoms with van der Waals surface area (Å²) in [5, 5.41) is 8.07. The van der Waals surface area contributed by atoms with Crippen LogP contribution in [0.1, 0.15) is 25.8 Å². The van der Waals surface area contributed by atoms with Gasteiger partial charge in [0.25, 0.3) is 0 Å². The highest BCUT2D eigenvalue weighted by atomic mass is 19.1. The lowest BCUT2D eigenvalue weighted by Gasteiger charge is -2.54. The van der Waals surface area contributed by atoms with Gasteiger partial charge in [0.2, 0.25) is 0 Å². The molecule has 1 aliphatic carbocycles. The van der Waals surface area contributed by atoms with Crippen molar-refractivity contribution in [3.63, 3.8) is 0 Å². The van der Waals surface area contributed by atoms with E-state index in [4.69, 9.17) is 4.74 Å². The highest BCUT2D eigenvalue weighted by Gasteiger charge is 2.59. The average Bonchev–Trinajstić information content (AvgIpc) is 3.23. The van der Waals surface area contributed by atoms with Gasteiger partial charge in [0.15, 0.2) is 5.96 Å². The fourth-order valence-electron chi connectivity index (χ4n) is 4.64. The van der Waals surface area contributed by atoms with Crippen molar-refractivity contribution in [2.75, 3.05) is 20.2 Å². The number of halogens is 1. The monoisotopic (exact) mass is 358 g/mol. The zero-order valence-corrected chi connectivity index (χ0v) is 15.6. The number of nitrogens with one attached hydrogen (secondary N) is 3. The van der Waals surface area contributed by atoms with Crippen LogP contribution in [0.2, 0.25) is 0 Å². The van der Waals surface area contributed by atoms with Gasteiger partial charge in [-0.2, -0.15) is 0 Å². The largest absolute Gasteiger partial charge is 0.377 e. The van der Waals surface area contributed by atoms with Gasteiger partial charge in [-0.1, -0.05) is 13.8 Å². The second-order valence-corrected chi connectivity index (χ2v) is 7.94. The number of hydrogen-bond acceptors (Lipinski definition) is 2. The molecule has 1 aliphatic heterocycles. The zero-order chi connectivity index (χ0) is 18.3. The van der Waals surface area contributed by atoms with Crippen molar-refractivity contribution in [2.24, 2.45) is 16.3 Å². The maximum absolute atomic E-state index is 13.3. The molecule has 2 heterocycles. The van der Waals surface area contributed by atoms with Crippen LogP contribution in [-0.2, 0) is 11.2 Å². The predicted octanol–water partition coefficient (Wildman–Crippen LogP) is 2.83. The van der Waals surface area contributed by atoms with Crippen molar-refractivity contribution < 1.29 is 9.13 Å². The SMILES string of the molecule is CN=C(NCCc1c[nH]c2cc(F)ccc12)NC1C2CCOC2C1(C)C. The van der Waals surface area contributed by atoms with Gasteiger partial charge in [0.1, 0.15) is 5.82 Å². The van der Waals surface area contributed by atoms with Crippen LogP contribution in [0.25, 0.3) is 10.9 Å². The number of aromatic nitrogens is 1. The zero-order valence-electron chi connectivity index (χ0n) is 15.6. The summed E-state index contributed by atoms with van der Waals surface area (Å²) in [6.45, 7) is 6.15. The first-order valence-corrected chi connectivity index (χ1v) is 9.35. The summed E-state index contributed by atoms with van der Waals surface area (Å²) < 4.78 is 19.2. The Balaban J connectivity index is 1.34. The van der Waals surface area contributed by atoms with E-state index in [2.05, 4.69) is 34.5 Å². The van der Waals surface area contributed by atoms with Crippen LogP contribution in [0, 0.1) is 17.2 Å². The molecule has 5 nitrogen and oxygen atoms in total. The Hall–Kier alpha value is -2.08. The molecule has 1 aromatic carbocycles. The Labute approximate surface area is 153 Å².